The van der Waals surface area contributed by atoms with Crippen LogP contribution in [0.15, 0.2) is 48.7 Å². The molecule has 0 aliphatic heterocycles. The number of aliphatic hydroxyl groups is 2. The van der Waals surface area contributed by atoms with E-state index in [0.29, 0.717) is 12.1 Å². The molecule has 216 valence electrons. The van der Waals surface area contributed by atoms with Gasteiger partial charge in [0.25, 0.3) is 5.91 Å². The first-order valence-electron chi connectivity index (χ1n) is 10.9. The number of pyridine rings is 1. The zero-order valence-corrected chi connectivity index (χ0v) is 20.9. The molecule has 0 radical (unpaired) electrons. The van der Waals surface area contributed by atoms with Gasteiger partial charge < -0.3 is 34.5 Å². The molecule has 40 heavy (non-hydrogen) atoms. The Morgan fingerprint density at radius 2 is 1.77 bits per heavy atom. The summed E-state index contributed by atoms with van der Waals surface area (Å²) in [5.74, 6) is -3.09. The molecule has 0 aliphatic rings. The second kappa shape index (κ2) is 12.5. The number of benzene rings is 2. The van der Waals surface area contributed by atoms with Gasteiger partial charge in [0.2, 0.25) is 5.88 Å². The van der Waals surface area contributed by atoms with E-state index in [1.54, 1.807) is 0 Å². The summed E-state index contributed by atoms with van der Waals surface area (Å²) in [7, 11) is 1.07. The van der Waals surface area contributed by atoms with E-state index in [-0.39, 0.29) is 29.7 Å². The van der Waals surface area contributed by atoms with Crippen LogP contribution < -0.4 is 24.3 Å². The summed E-state index contributed by atoms with van der Waals surface area (Å²) in [6, 6.07) is 6.27. The molecule has 1 atom stereocenters. The minimum atomic E-state index is -5.02. The predicted octanol–water partition coefficient (Wildman–Crippen LogP) is 5.44. The molecule has 0 fully saturated rings. The Bertz CT molecular complexity index is 1350. The molecule has 2 aromatic carbocycles. The van der Waals surface area contributed by atoms with Gasteiger partial charge in [-0.2, -0.15) is 13.2 Å². The third kappa shape index (κ3) is 8.27. The number of aromatic nitrogens is 1. The Kier molecular flexibility index (Phi) is 9.55. The molecule has 0 saturated carbocycles. The maximum absolute atomic E-state index is 13.6. The van der Waals surface area contributed by atoms with Gasteiger partial charge in [0.15, 0.2) is 11.5 Å². The highest BCUT2D eigenvalue weighted by Crippen LogP contribution is 2.42. The molecule has 1 amide bonds. The Morgan fingerprint density at radius 1 is 1.05 bits per heavy atom. The van der Waals surface area contributed by atoms with Crippen LogP contribution in [0.3, 0.4) is 0 Å². The highest BCUT2D eigenvalue weighted by atomic mass is 35.5. The SMILES string of the molecule is COc1cc(OC(F)(F)F)ccc1Oc1cc(C(F)(F)F)c(Cl)cc1C(=O)Nc1ccnc(OC[C@H](O)CO)c1. The molecule has 9 nitrogen and oxygen atoms in total. The van der Waals surface area contributed by atoms with Gasteiger partial charge in [-0.05, 0) is 30.3 Å². The maximum Gasteiger partial charge on any atom is 0.573 e. The lowest BCUT2D eigenvalue weighted by molar-refractivity contribution is -0.274. The van der Waals surface area contributed by atoms with Crippen LogP contribution in [0.4, 0.5) is 32.0 Å². The predicted molar refractivity (Wildman–Crippen MR) is 127 cm³/mol. The van der Waals surface area contributed by atoms with Crippen LogP contribution in [0.5, 0.6) is 28.9 Å². The van der Waals surface area contributed by atoms with Crippen molar-refractivity contribution in [2.45, 2.75) is 18.6 Å². The first-order valence-corrected chi connectivity index (χ1v) is 11.3. The summed E-state index contributed by atoms with van der Waals surface area (Å²) in [6.45, 7) is -0.890. The summed E-state index contributed by atoms with van der Waals surface area (Å²) in [5, 5.41) is 19.8. The van der Waals surface area contributed by atoms with E-state index >= 15 is 0 Å². The van der Waals surface area contributed by atoms with Crippen LogP contribution in [-0.4, -0.2) is 53.9 Å². The lowest BCUT2D eigenvalue weighted by Gasteiger charge is -2.18. The van der Waals surface area contributed by atoms with Gasteiger partial charge in [-0.1, -0.05) is 11.6 Å². The van der Waals surface area contributed by atoms with Crippen LogP contribution in [0.1, 0.15) is 15.9 Å². The highest BCUT2D eigenvalue weighted by molar-refractivity contribution is 6.32. The normalized spacial score (nSPS) is 12.4. The van der Waals surface area contributed by atoms with Gasteiger partial charge in [0.05, 0.1) is 29.9 Å². The molecule has 0 saturated heterocycles. The number of anilines is 1. The van der Waals surface area contributed by atoms with Gasteiger partial charge >= 0.3 is 12.5 Å². The minimum Gasteiger partial charge on any atom is -0.493 e. The van der Waals surface area contributed by atoms with E-state index in [1.165, 1.54) is 18.3 Å². The second-order valence-electron chi connectivity index (χ2n) is 7.77. The molecule has 0 bridgehead atoms. The third-order valence-electron chi connectivity index (χ3n) is 4.83. The summed E-state index contributed by atoms with van der Waals surface area (Å²) in [4.78, 5) is 17.0. The number of hydrogen-bond donors (Lipinski definition) is 3. The molecule has 3 aromatic rings. The summed E-state index contributed by atoms with van der Waals surface area (Å²) in [6.07, 6.45) is -9.94. The standard InChI is InChI=1S/C24H19ClF6N2O7/c1-37-20-7-14(40-24(29,30)31)2-3-18(20)39-19-9-16(23(26,27)28)17(25)8-15(19)22(36)33-12-4-5-32-21(6-12)38-11-13(35)10-34/h2-9,13,34-35H,10-11H2,1H3,(H,32,33,36)/t13-/m1/s1. The molecular weight excluding hydrogens is 578 g/mol. The van der Waals surface area contributed by atoms with E-state index in [1.807, 2.05) is 0 Å². The number of carbonyl (C=O) groups is 1. The fraction of sp³-hybridized carbons (Fsp3) is 0.250. The quantitative estimate of drug-likeness (QED) is 0.265. The number of alkyl halides is 6. The topological polar surface area (TPSA) is 119 Å². The first-order chi connectivity index (χ1) is 18.7. The van der Waals surface area contributed by atoms with Crippen molar-refractivity contribution in [2.75, 3.05) is 25.6 Å². The average Bonchev–Trinajstić information content (AvgIpc) is 2.87. The molecule has 0 aliphatic carbocycles. The number of amides is 1. The van der Waals surface area contributed by atoms with Gasteiger partial charge in [-0.15, -0.1) is 13.2 Å². The van der Waals surface area contributed by atoms with Crippen molar-refractivity contribution in [1.82, 2.24) is 4.98 Å². The molecule has 1 aromatic heterocycles. The smallest absolute Gasteiger partial charge is 0.493 e. The molecule has 16 heteroatoms. The first kappa shape index (κ1) is 30.6. The largest absolute Gasteiger partial charge is 0.573 e. The summed E-state index contributed by atoms with van der Waals surface area (Å²) < 4.78 is 97.8. The summed E-state index contributed by atoms with van der Waals surface area (Å²) >= 11 is 5.81. The van der Waals surface area contributed by atoms with E-state index in [2.05, 4.69) is 15.0 Å². The zero-order chi connectivity index (χ0) is 29.7. The van der Waals surface area contributed by atoms with Gasteiger partial charge in [-0.3, -0.25) is 4.79 Å². The fourth-order valence-corrected chi connectivity index (χ4v) is 3.35. The number of aliphatic hydroxyl groups excluding tert-OH is 2. The molecule has 3 rings (SSSR count). The van der Waals surface area contributed by atoms with Crippen LogP contribution in [-0.2, 0) is 6.18 Å². The molecule has 3 N–H and O–H groups in total. The number of ether oxygens (including phenoxy) is 4. The number of nitrogens with one attached hydrogen (secondary N) is 1. The van der Waals surface area contributed by atoms with Crippen molar-refractivity contribution >= 4 is 23.2 Å². The Hall–Kier alpha value is -3.95. The summed E-state index contributed by atoms with van der Waals surface area (Å²) in [5.41, 5.74) is -1.76. The number of methoxy groups -OCH3 is 1. The minimum absolute atomic E-state index is 0.0573. The molecular formula is C24H19ClF6N2O7. The lowest BCUT2D eigenvalue weighted by Crippen LogP contribution is -2.21. The van der Waals surface area contributed by atoms with E-state index in [0.717, 1.165) is 25.3 Å². The van der Waals surface area contributed by atoms with Gasteiger partial charge in [0, 0.05) is 24.0 Å². The lowest BCUT2D eigenvalue weighted by atomic mass is 10.1. The van der Waals surface area contributed by atoms with Crippen molar-refractivity contribution in [3.05, 3.63) is 64.8 Å². The van der Waals surface area contributed by atoms with E-state index in [9.17, 15) is 36.2 Å². The Morgan fingerprint density at radius 3 is 2.40 bits per heavy atom. The number of nitrogens with zero attached hydrogens (tertiary/aromatic N) is 1. The average molecular weight is 597 g/mol. The molecule has 1 heterocycles. The molecule has 0 unspecified atom stereocenters. The Labute approximate surface area is 226 Å². The molecule has 0 spiro atoms. The van der Waals surface area contributed by atoms with Crippen LogP contribution in [0, 0.1) is 0 Å². The zero-order valence-electron chi connectivity index (χ0n) is 20.1. The van der Waals surface area contributed by atoms with Crippen molar-refractivity contribution in [2.24, 2.45) is 0 Å². The van der Waals surface area contributed by atoms with Crippen LogP contribution >= 0.6 is 11.6 Å². The second-order valence-corrected chi connectivity index (χ2v) is 8.18. The number of rotatable bonds is 10. The van der Waals surface area contributed by atoms with Gasteiger partial charge in [0.1, 0.15) is 24.2 Å². The number of hydrogen-bond acceptors (Lipinski definition) is 8. The Balaban J connectivity index is 1.97. The monoisotopic (exact) mass is 596 g/mol. The van der Waals surface area contributed by atoms with Crippen molar-refractivity contribution in [3.8, 4) is 28.9 Å². The highest BCUT2D eigenvalue weighted by Gasteiger charge is 2.36. The number of halogens is 7. The van der Waals surface area contributed by atoms with Crippen molar-refractivity contribution in [1.29, 1.82) is 0 Å². The van der Waals surface area contributed by atoms with Crippen molar-refractivity contribution < 1.29 is 60.3 Å². The number of carbonyl (C=O) groups excluding carboxylic acids is 1. The van der Waals surface area contributed by atoms with Crippen molar-refractivity contribution in [3.63, 3.8) is 0 Å². The van der Waals surface area contributed by atoms with Crippen LogP contribution in [0.25, 0.3) is 0 Å². The fourth-order valence-electron chi connectivity index (χ4n) is 3.08. The third-order valence-corrected chi connectivity index (χ3v) is 5.15. The van der Waals surface area contributed by atoms with E-state index in [4.69, 9.17) is 30.9 Å². The van der Waals surface area contributed by atoms with Crippen LogP contribution in [0.2, 0.25) is 5.02 Å². The van der Waals surface area contributed by atoms with Gasteiger partial charge in [-0.25, -0.2) is 4.98 Å². The maximum atomic E-state index is 13.6. The van der Waals surface area contributed by atoms with E-state index < -0.39 is 58.8 Å².